The highest BCUT2D eigenvalue weighted by Crippen LogP contribution is 2.39. The standard InChI is InChI=1S/C14H18N4O2S/c1-9-8-21-14(15-9)11-7-19-5-4-18(11)6-12-16-13(20-17-12)10-2-3-10/h8,10-11H,2-7H2,1H3/t11-/m1/s1. The highest BCUT2D eigenvalue weighted by atomic mass is 32.1. The molecule has 0 amide bonds. The molecule has 0 unspecified atom stereocenters. The van der Waals surface area contributed by atoms with Gasteiger partial charge < -0.3 is 9.26 Å². The van der Waals surface area contributed by atoms with Crippen LogP contribution in [0.3, 0.4) is 0 Å². The Morgan fingerprint density at radius 2 is 2.29 bits per heavy atom. The third-order valence-electron chi connectivity index (χ3n) is 3.92. The molecule has 2 aliphatic rings. The first-order valence-corrected chi connectivity index (χ1v) is 8.24. The van der Waals surface area contributed by atoms with Gasteiger partial charge in [-0.3, -0.25) is 4.90 Å². The van der Waals surface area contributed by atoms with Crippen molar-refractivity contribution in [1.82, 2.24) is 20.0 Å². The Morgan fingerprint density at radius 3 is 3.05 bits per heavy atom. The molecule has 0 aromatic carbocycles. The number of rotatable bonds is 4. The van der Waals surface area contributed by atoms with Crippen LogP contribution in [0.15, 0.2) is 9.90 Å². The van der Waals surface area contributed by atoms with Gasteiger partial charge in [0.05, 0.1) is 25.8 Å². The molecule has 1 aliphatic carbocycles. The van der Waals surface area contributed by atoms with Crippen LogP contribution in [0.25, 0.3) is 0 Å². The first kappa shape index (κ1) is 13.4. The average molecular weight is 306 g/mol. The highest BCUT2D eigenvalue weighted by molar-refractivity contribution is 7.09. The summed E-state index contributed by atoms with van der Waals surface area (Å²) in [5.74, 6) is 2.09. The molecule has 6 nitrogen and oxygen atoms in total. The van der Waals surface area contributed by atoms with E-state index in [4.69, 9.17) is 9.26 Å². The fourth-order valence-corrected chi connectivity index (χ4v) is 3.50. The Balaban J connectivity index is 1.50. The predicted molar refractivity (Wildman–Crippen MR) is 77.1 cm³/mol. The van der Waals surface area contributed by atoms with E-state index in [2.05, 4.69) is 25.4 Å². The maximum Gasteiger partial charge on any atom is 0.229 e. The van der Waals surface area contributed by atoms with Crippen LogP contribution in [0.5, 0.6) is 0 Å². The predicted octanol–water partition coefficient (Wildman–Crippen LogP) is 2.29. The summed E-state index contributed by atoms with van der Waals surface area (Å²) in [5.41, 5.74) is 1.07. The Bertz CT molecular complexity index is 622. The van der Waals surface area contributed by atoms with Crippen LogP contribution in [0.4, 0.5) is 0 Å². The van der Waals surface area contributed by atoms with Crippen molar-refractivity contribution in [3.8, 4) is 0 Å². The maximum atomic E-state index is 5.63. The smallest absolute Gasteiger partial charge is 0.229 e. The Morgan fingerprint density at radius 1 is 1.38 bits per heavy atom. The van der Waals surface area contributed by atoms with Gasteiger partial charge in [0.15, 0.2) is 5.82 Å². The van der Waals surface area contributed by atoms with Gasteiger partial charge in [-0.25, -0.2) is 4.98 Å². The molecule has 1 saturated carbocycles. The summed E-state index contributed by atoms with van der Waals surface area (Å²) in [6.07, 6.45) is 2.36. The summed E-state index contributed by atoms with van der Waals surface area (Å²) in [4.78, 5) is 11.5. The Kier molecular flexibility index (Phi) is 3.48. The van der Waals surface area contributed by atoms with Crippen molar-refractivity contribution < 1.29 is 9.26 Å². The first-order chi connectivity index (χ1) is 10.3. The molecule has 2 aromatic heterocycles. The van der Waals surface area contributed by atoms with Gasteiger partial charge in [0, 0.05) is 23.5 Å². The van der Waals surface area contributed by atoms with Gasteiger partial charge >= 0.3 is 0 Å². The molecule has 0 bridgehead atoms. The molecule has 112 valence electrons. The fourth-order valence-electron chi connectivity index (χ4n) is 2.59. The van der Waals surface area contributed by atoms with E-state index in [1.54, 1.807) is 11.3 Å². The van der Waals surface area contributed by atoms with Gasteiger partial charge in [0.25, 0.3) is 0 Å². The number of hydrogen-bond donors (Lipinski definition) is 0. The molecule has 1 atom stereocenters. The largest absolute Gasteiger partial charge is 0.378 e. The topological polar surface area (TPSA) is 64.3 Å². The van der Waals surface area contributed by atoms with Gasteiger partial charge in [-0.1, -0.05) is 5.16 Å². The molecule has 2 aromatic rings. The number of aryl methyl sites for hydroxylation is 1. The van der Waals surface area contributed by atoms with E-state index in [9.17, 15) is 0 Å². The van der Waals surface area contributed by atoms with Gasteiger partial charge in [-0.2, -0.15) is 4.98 Å². The van der Waals surface area contributed by atoms with Crippen molar-refractivity contribution >= 4 is 11.3 Å². The SMILES string of the molecule is Cc1csc([C@H]2COCCN2Cc2noc(C3CC3)n2)n1. The normalized spacial score (nSPS) is 23.6. The quantitative estimate of drug-likeness (QED) is 0.863. The zero-order valence-corrected chi connectivity index (χ0v) is 12.8. The average Bonchev–Trinajstić information content (AvgIpc) is 3.09. The molecule has 4 rings (SSSR count). The number of aromatic nitrogens is 3. The molecule has 7 heteroatoms. The number of nitrogens with zero attached hydrogens (tertiary/aromatic N) is 4. The molecule has 21 heavy (non-hydrogen) atoms. The van der Waals surface area contributed by atoms with E-state index >= 15 is 0 Å². The molecule has 1 saturated heterocycles. The van der Waals surface area contributed by atoms with E-state index in [0.29, 0.717) is 19.1 Å². The van der Waals surface area contributed by atoms with Gasteiger partial charge in [-0.15, -0.1) is 11.3 Å². The summed E-state index contributed by atoms with van der Waals surface area (Å²) in [7, 11) is 0. The second-order valence-corrected chi connectivity index (χ2v) is 6.60. The minimum atomic E-state index is 0.195. The van der Waals surface area contributed by atoms with Crippen LogP contribution in [0, 0.1) is 6.92 Å². The third kappa shape index (κ3) is 2.86. The second kappa shape index (κ2) is 5.47. The van der Waals surface area contributed by atoms with E-state index in [1.165, 1.54) is 12.8 Å². The minimum Gasteiger partial charge on any atom is -0.378 e. The monoisotopic (exact) mass is 306 g/mol. The van der Waals surface area contributed by atoms with Crippen molar-refractivity contribution in [2.24, 2.45) is 0 Å². The van der Waals surface area contributed by atoms with E-state index in [-0.39, 0.29) is 6.04 Å². The molecule has 1 aliphatic heterocycles. The summed E-state index contributed by atoms with van der Waals surface area (Å²) in [5, 5.41) is 7.31. The van der Waals surface area contributed by atoms with Crippen LogP contribution >= 0.6 is 11.3 Å². The first-order valence-electron chi connectivity index (χ1n) is 7.36. The highest BCUT2D eigenvalue weighted by Gasteiger charge is 2.31. The van der Waals surface area contributed by atoms with Gasteiger partial charge in [0.1, 0.15) is 5.01 Å². The number of ether oxygens (including phenoxy) is 1. The number of hydrogen-bond acceptors (Lipinski definition) is 7. The van der Waals surface area contributed by atoms with E-state index in [0.717, 1.165) is 35.6 Å². The third-order valence-corrected chi connectivity index (χ3v) is 4.98. The van der Waals surface area contributed by atoms with Crippen LogP contribution in [-0.4, -0.2) is 39.8 Å². The van der Waals surface area contributed by atoms with Crippen LogP contribution in [-0.2, 0) is 11.3 Å². The van der Waals surface area contributed by atoms with E-state index < -0.39 is 0 Å². The van der Waals surface area contributed by atoms with Gasteiger partial charge in [0.2, 0.25) is 5.89 Å². The van der Waals surface area contributed by atoms with Crippen molar-refractivity contribution in [2.45, 2.75) is 38.3 Å². The molecule has 0 spiro atoms. The lowest BCUT2D eigenvalue weighted by Gasteiger charge is -2.33. The fraction of sp³-hybridized carbons (Fsp3) is 0.643. The molecule has 3 heterocycles. The van der Waals surface area contributed by atoms with Crippen LogP contribution in [0.2, 0.25) is 0 Å². The molecule has 0 N–H and O–H groups in total. The summed E-state index contributed by atoms with van der Waals surface area (Å²) < 4.78 is 11.0. The number of morpholine rings is 1. The molecule has 0 radical (unpaired) electrons. The lowest BCUT2D eigenvalue weighted by Crippen LogP contribution is -2.39. The molecular weight excluding hydrogens is 288 g/mol. The summed E-state index contributed by atoms with van der Waals surface area (Å²) in [6.45, 7) is 5.02. The van der Waals surface area contributed by atoms with Crippen molar-refractivity contribution in [1.29, 1.82) is 0 Å². The van der Waals surface area contributed by atoms with Crippen molar-refractivity contribution in [3.63, 3.8) is 0 Å². The number of thiazole rings is 1. The molecule has 2 fully saturated rings. The van der Waals surface area contributed by atoms with Crippen LogP contribution < -0.4 is 0 Å². The summed E-state index contributed by atoms with van der Waals surface area (Å²) in [6, 6.07) is 0.195. The maximum absolute atomic E-state index is 5.63. The molecular formula is C14H18N4O2S. The Hall–Kier alpha value is -1.31. The van der Waals surface area contributed by atoms with E-state index in [1.807, 2.05) is 6.92 Å². The lowest BCUT2D eigenvalue weighted by molar-refractivity contribution is -0.0141. The zero-order valence-electron chi connectivity index (χ0n) is 12.0. The van der Waals surface area contributed by atoms with Crippen LogP contribution in [0.1, 0.15) is 47.2 Å². The lowest BCUT2D eigenvalue weighted by atomic mass is 10.2. The summed E-state index contributed by atoms with van der Waals surface area (Å²) >= 11 is 1.69. The van der Waals surface area contributed by atoms with Crippen molar-refractivity contribution in [3.05, 3.63) is 27.8 Å². The minimum absolute atomic E-state index is 0.195. The zero-order chi connectivity index (χ0) is 14.2. The van der Waals surface area contributed by atoms with Gasteiger partial charge in [-0.05, 0) is 19.8 Å². The van der Waals surface area contributed by atoms with Crippen molar-refractivity contribution in [2.75, 3.05) is 19.8 Å². The Labute approximate surface area is 127 Å². The second-order valence-electron chi connectivity index (χ2n) is 5.71.